The van der Waals surface area contributed by atoms with Gasteiger partial charge in [-0.1, -0.05) is 24.3 Å². The van der Waals surface area contributed by atoms with Gasteiger partial charge in [-0.3, -0.25) is 19.6 Å². The van der Waals surface area contributed by atoms with E-state index in [0.717, 1.165) is 32.4 Å². The Labute approximate surface area is 161 Å². The number of amides is 1. The quantitative estimate of drug-likeness (QED) is 0.711. The number of hydrogen-bond donors (Lipinski definition) is 1. The summed E-state index contributed by atoms with van der Waals surface area (Å²) in [6, 6.07) is 9.21. The van der Waals surface area contributed by atoms with Gasteiger partial charge in [0, 0.05) is 38.4 Å². The molecule has 0 radical (unpaired) electrons. The lowest BCUT2D eigenvalue weighted by Gasteiger charge is -2.41. The molecule has 28 heavy (non-hydrogen) atoms. The molecule has 1 N–H and O–H groups in total. The monoisotopic (exact) mass is 378 g/mol. The van der Waals surface area contributed by atoms with Crippen molar-refractivity contribution in [1.82, 2.24) is 29.4 Å². The van der Waals surface area contributed by atoms with E-state index < -0.39 is 5.56 Å². The number of aryl methyl sites for hydroxylation is 1. The second-order valence-electron chi connectivity index (χ2n) is 7.49. The van der Waals surface area contributed by atoms with E-state index in [0.29, 0.717) is 19.1 Å². The second kappa shape index (κ2) is 6.87. The van der Waals surface area contributed by atoms with Crippen molar-refractivity contribution in [1.29, 1.82) is 0 Å². The van der Waals surface area contributed by atoms with Crippen LogP contribution in [0.2, 0.25) is 0 Å². The van der Waals surface area contributed by atoms with Gasteiger partial charge in [-0.2, -0.15) is 4.52 Å². The molecule has 8 nitrogen and oxygen atoms in total. The first kappa shape index (κ1) is 17.1. The summed E-state index contributed by atoms with van der Waals surface area (Å²) < 4.78 is 1.20. The van der Waals surface area contributed by atoms with Gasteiger partial charge in [0.1, 0.15) is 11.9 Å². The summed E-state index contributed by atoms with van der Waals surface area (Å²) >= 11 is 0. The van der Waals surface area contributed by atoms with Gasteiger partial charge in [0.25, 0.3) is 17.2 Å². The highest BCUT2D eigenvalue weighted by atomic mass is 16.2. The van der Waals surface area contributed by atoms with Crippen molar-refractivity contribution in [3.63, 3.8) is 0 Å². The highest BCUT2D eigenvalue weighted by Crippen LogP contribution is 2.25. The van der Waals surface area contributed by atoms with Gasteiger partial charge in [0.15, 0.2) is 0 Å². The van der Waals surface area contributed by atoms with Crippen molar-refractivity contribution in [3.8, 4) is 0 Å². The molecule has 0 spiro atoms. The highest BCUT2D eigenvalue weighted by Gasteiger charge is 2.30. The minimum atomic E-state index is -0.404. The van der Waals surface area contributed by atoms with Crippen LogP contribution in [-0.4, -0.2) is 67.5 Å². The zero-order chi connectivity index (χ0) is 19.1. The first-order valence-corrected chi connectivity index (χ1v) is 9.72. The van der Waals surface area contributed by atoms with E-state index in [4.69, 9.17) is 0 Å². The van der Waals surface area contributed by atoms with E-state index in [1.165, 1.54) is 28.2 Å². The fraction of sp³-hybridized carbons (Fsp3) is 0.400. The number of nitrogens with one attached hydrogen (secondary N) is 1. The van der Waals surface area contributed by atoms with Crippen LogP contribution in [0.5, 0.6) is 0 Å². The molecule has 3 aromatic rings. The zero-order valence-corrected chi connectivity index (χ0v) is 15.5. The predicted molar refractivity (Wildman–Crippen MR) is 103 cm³/mol. The van der Waals surface area contributed by atoms with Crippen molar-refractivity contribution >= 4 is 11.7 Å². The smallest absolute Gasteiger partial charge is 0.286 e. The molecule has 0 saturated carbocycles. The summed E-state index contributed by atoms with van der Waals surface area (Å²) in [5, 5.41) is 2.70. The molecular weight excluding hydrogens is 356 g/mol. The van der Waals surface area contributed by atoms with E-state index in [-0.39, 0.29) is 17.2 Å². The Kier molecular flexibility index (Phi) is 4.20. The molecule has 2 aromatic heterocycles. The molecule has 1 aliphatic carbocycles. The summed E-state index contributed by atoms with van der Waals surface area (Å²) in [6.45, 7) is 2.92. The number of carbonyl (C=O) groups excluding carboxylic acids is 1. The lowest BCUT2D eigenvalue weighted by Crippen LogP contribution is -2.53. The molecule has 1 aromatic carbocycles. The molecule has 0 bridgehead atoms. The standard InChI is InChI=1S/C20H22N6O2/c27-18(17-12-21-20-22-13-23-26(20)19(17)28)25-9-7-24(8-10-25)16-6-5-14-3-1-2-4-15(14)11-16/h1-4,12-13,16H,5-11H2,(H,21,22,23)/t16-/m0/s1. The van der Waals surface area contributed by atoms with Crippen LogP contribution in [-0.2, 0) is 12.8 Å². The van der Waals surface area contributed by atoms with E-state index in [2.05, 4.69) is 44.2 Å². The van der Waals surface area contributed by atoms with Crippen LogP contribution >= 0.6 is 0 Å². The lowest BCUT2D eigenvalue weighted by molar-refractivity contribution is 0.0551. The van der Waals surface area contributed by atoms with Gasteiger partial charge in [0.2, 0.25) is 0 Å². The van der Waals surface area contributed by atoms with E-state index in [1.54, 1.807) is 4.90 Å². The van der Waals surface area contributed by atoms with Crippen LogP contribution in [0.4, 0.5) is 0 Å². The summed E-state index contributed by atoms with van der Waals surface area (Å²) in [5.41, 5.74) is 2.60. The maximum atomic E-state index is 12.9. The van der Waals surface area contributed by atoms with Crippen molar-refractivity contribution in [3.05, 3.63) is 63.8 Å². The molecule has 5 rings (SSSR count). The summed E-state index contributed by atoms with van der Waals surface area (Å²) in [5.74, 6) is 0.0130. The van der Waals surface area contributed by atoms with Crippen molar-refractivity contribution in [2.24, 2.45) is 0 Å². The predicted octanol–water partition coefficient (Wildman–Crippen LogP) is 0.733. The number of hydrogen-bond acceptors (Lipinski definition) is 5. The Morgan fingerprint density at radius 2 is 1.86 bits per heavy atom. The molecule has 0 unspecified atom stereocenters. The Hall–Kier alpha value is -3.00. The van der Waals surface area contributed by atoms with Gasteiger partial charge < -0.3 is 4.90 Å². The molecular formula is C20H22N6O2. The third-order valence-electron chi connectivity index (χ3n) is 5.98. The van der Waals surface area contributed by atoms with Crippen LogP contribution in [0.1, 0.15) is 27.9 Å². The van der Waals surface area contributed by atoms with Gasteiger partial charge in [-0.15, -0.1) is 0 Å². The van der Waals surface area contributed by atoms with Gasteiger partial charge in [-0.05, 0) is 30.4 Å². The lowest BCUT2D eigenvalue weighted by atomic mass is 9.87. The Morgan fingerprint density at radius 1 is 1.07 bits per heavy atom. The minimum Gasteiger partial charge on any atom is -0.336 e. The minimum absolute atomic E-state index is 0.0850. The molecule has 1 atom stereocenters. The van der Waals surface area contributed by atoms with Crippen LogP contribution in [0.3, 0.4) is 0 Å². The number of piperazine rings is 1. The SMILES string of the molecule is O=C(c1cnc2nc[nH]n2c1=O)N1CCN([C@H]2CCc3ccccc3C2)CC1. The number of carbonyl (C=O) groups is 1. The van der Waals surface area contributed by atoms with E-state index in [9.17, 15) is 9.59 Å². The van der Waals surface area contributed by atoms with Crippen molar-refractivity contribution in [2.45, 2.75) is 25.3 Å². The summed E-state index contributed by atoms with van der Waals surface area (Å²) in [7, 11) is 0. The van der Waals surface area contributed by atoms with E-state index in [1.807, 2.05) is 0 Å². The number of benzene rings is 1. The normalized spacial score (nSPS) is 20.3. The topological polar surface area (TPSA) is 86.6 Å². The van der Waals surface area contributed by atoms with Gasteiger partial charge in [-0.25, -0.2) is 9.97 Å². The fourth-order valence-electron chi connectivity index (χ4n) is 4.40. The Morgan fingerprint density at radius 3 is 2.68 bits per heavy atom. The molecule has 144 valence electrons. The molecule has 1 amide bonds. The number of nitrogens with zero attached hydrogens (tertiary/aromatic N) is 5. The number of H-pyrrole nitrogens is 1. The molecule has 1 aliphatic heterocycles. The van der Waals surface area contributed by atoms with Gasteiger partial charge in [0.05, 0.1) is 0 Å². The Balaban J connectivity index is 1.26. The molecule has 1 saturated heterocycles. The van der Waals surface area contributed by atoms with Crippen LogP contribution in [0, 0.1) is 0 Å². The Bertz CT molecular complexity index is 1080. The van der Waals surface area contributed by atoms with Crippen LogP contribution < -0.4 is 5.56 Å². The maximum absolute atomic E-state index is 12.9. The van der Waals surface area contributed by atoms with Gasteiger partial charge >= 0.3 is 0 Å². The third kappa shape index (κ3) is 2.90. The average Bonchev–Trinajstić information content (AvgIpc) is 3.23. The average molecular weight is 378 g/mol. The molecule has 8 heteroatoms. The van der Waals surface area contributed by atoms with E-state index >= 15 is 0 Å². The van der Waals surface area contributed by atoms with Crippen molar-refractivity contribution in [2.75, 3.05) is 26.2 Å². The number of aromatic amines is 1. The zero-order valence-electron chi connectivity index (χ0n) is 15.5. The first-order valence-electron chi connectivity index (χ1n) is 9.72. The summed E-state index contributed by atoms with van der Waals surface area (Å²) in [4.78, 5) is 37.6. The highest BCUT2D eigenvalue weighted by molar-refractivity contribution is 5.93. The summed E-state index contributed by atoms with van der Waals surface area (Å²) in [6.07, 6.45) is 6.08. The number of aromatic nitrogens is 4. The third-order valence-corrected chi connectivity index (χ3v) is 5.98. The first-order chi connectivity index (χ1) is 13.7. The largest absolute Gasteiger partial charge is 0.336 e. The van der Waals surface area contributed by atoms with Crippen LogP contribution in [0.25, 0.3) is 5.78 Å². The molecule has 1 fully saturated rings. The van der Waals surface area contributed by atoms with Crippen molar-refractivity contribution < 1.29 is 4.79 Å². The maximum Gasteiger partial charge on any atom is 0.286 e. The molecule has 2 aliphatic rings. The second-order valence-corrected chi connectivity index (χ2v) is 7.49. The molecule has 3 heterocycles. The number of rotatable bonds is 2. The van der Waals surface area contributed by atoms with Crippen LogP contribution in [0.15, 0.2) is 41.6 Å². The number of fused-ring (bicyclic) bond motifs is 2. The fourth-order valence-corrected chi connectivity index (χ4v) is 4.40.